The molecule has 21 heavy (non-hydrogen) atoms. The van der Waals surface area contributed by atoms with Crippen molar-refractivity contribution >= 4 is 16.9 Å². The molecule has 124 valence electrons. The Morgan fingerprint density at radius 1 is 1.24 bits per heavy atom. The topological polar surface area (TPSA) is 73.2 Å². The summed E-state index contributed by atoms with van der Waals surface area (Å²) in [6.07, 6.45) is 2.24. The van der Waals surface area contributed by atoms with Crippen molar-refractivity contribution in [3.63, 3.8) is 0 Å². The van der Waals surface area contributed by atoms with Gasteiger partial charge in [-0.25, -0.2) is 9.10 Å². The lowest BCUT2D eigenvalue weighted by Crippen LogP contribution is -2.50. The van der Waals surface area contributed by atoms with E-state index in [0.717, 1.165) is 19.3 Å². The molecule has 2 atom stereocenters. The zero-order chi connectivity index (χ0) is 15.8. The van der Waals surface area contributed by atoms with Crippen LogP contribution in [0.3, 0.4) is 0 Å². The Bertz CT molecular complexity index is 397. The molecule has 0 radical (unpaired) electrons. The van der Waals surface area contributed by atoms with Gasteiger partial charge in [-0.05, 0) is 47.0 Å². The number of nitrogens with zero attached hydrogens (tertiary/aromatic N) is 2. The van der Waals surface area contributed by atoms with E-state index in [1.807, 2.05) is 32.0 Å². The zero-order valence-corrected chi connectivity index (χ0v) is 14.2. The number of carbonyl (C=O) groups is 1. The van der Waals surface area contributed by atoms with Crippen LogP contribution in [0, 0.1) is 0 Å². The SMILES string of the molecule is CC1CCN([C@H]2CCCN(C(=O)OC(C)(C)C)C2)S1(O)O. The summed E-state index contributed by atoms with van der Waals surface area (Å²) in [6, 6.07) is 0.0150. The molecule has 2 rings (SSSR count). The maximum atomic E-state index is 12.2. The molecule has 0 bridgehead atoms. The van der Waals surface area contributed by atoms with Gasteiger partial charge in [-0.2, -0.15) is 0 Å². The lowest BCUT2D eigenvalue weighted by atomic mass is 10.1. The highest BCUT2D eigenvalue weighted by atomic mass is 32.3. The number of hydrogen-bond donors (Lipinski definition) is 2. The average Bonchev–Trinajstić information content (AvgIpc) is 2.62. The fourth-order valence-electron chi connectivity index (χ4n) is 2.92. The first-order valence-corrected chi connectivity index (χ1v) is 9.20. The van der Waals surface area contributed by atoms with Crippen molar-refractivity contribution in [2.45, 2.75) is 63.9 Å². The molecule has 0 aromatic carbocycles. The van der Waals surface area contributed by atoms with Crippen LogP contribution in [-0.2, 0) is 4.74 Å². The van der Waals surface area contributed by atoms with Crippen molar-refractivity contribution in [3.8, 4) is 0 Å². The van der Waals surface area contributed by atoms with E-state index in [0.29, 0.717) is 19.6 Å². The van der Waals surface area contributed by atoms with Crippen LogP contribution >= 0.6 is 10.8 Å². The minimum absolute atomic E-state index is 0.0150. The van der Waals surface area contributed by atoms with Crippen LogP contribution in [-0.4, -0.2) is 60.9 Å². The molecule has 0 aromatic heterocycles. The van der Waals surface area contributed by atoms with Gasteiger partial charge in [-0.1, -0.05) is 0 Å². The summed E-state index contributed by atoms with van der Waals surface area (Å²) in [4.78, 5) is 13.9. The third-order valence-corrected chi connectivity index (χ3v) is 6.58. The molecule has 0 aliphatic carbocycles. The molecule has 2 aliphatic rings. The predicted molar refractivity (Wildman–Crippen MR) is 84.5 cm³/mol. The second-order valence-electron chi connectivity index (χ2n) is 7.02. The molecule has 2 heterocycles. The molecule has 1 amide bonds. The van der Waals surface area contributed by atoms with Crippen LogP contribution in [0.1, 0.15) is 47.0 Å². The first-order valence-electron chi connectivity index (χ1n) is 7.63. The molecule has 0 aromatic rings. The Morgan fingerprint density at radius 3 is 2.43 bits per heavy atom. The summed E-state index contributed by atoms with van der Waals surface area (Å²) in [7, 11) is -2.70. The standard InChI is InChI=1S/C14H28N2O4S/c1-11-7-9-16(21(11,18)19)12-6-5-8-15(10-12)13(17)20-14(2,3)4/h11-12,18-19H,5-10H2,1-4H3/t11?,12-/m0/s1. The summed E-state index contributed by atoms with van der Waals surface area (Å²) >= 11 is 0. The second-order valence-corrected chi connectivity index (χ2v) is 9.42. The van der Waals surface area contributed by atoms with E-state index < -0.39 is 16.4 Å². The Labute approximate surface area is 128 Å². The van der Waals surface area contributed by atoms with Gasteiger partial charge in [-0.3, -0.25) is 9.11 Å². The smallest absolute Gasteiger partial charge is 0.410 e. The van der Waals surface area contributed by atoms with Gasteiger partial charge in [0.2, 0.25) is 0 Å². The van der Waals surface area contributed by atoms with Gasteiger partial charge in [0.25, 0.3) is 0 Å². The van der Waals surface area contributed by atoms with Crippen LogP contribution in [0.25, 0.3) is 0 Å². The predicted octanol–water partition coefficient (Wildman–Crippen LogP) is 3.15. The highest BCUT2D eigenvalue weighted by Gasteiger charge is 2.42. The summed E-state index contributed by atoms with van der Waals surface area (Å²) in [5.74, 6) is 0. The van der Waals surface area contributed by atoms with Crippen molar-refractivity contribution in [2.75, 3.05) is 19.6 Å². The van der Waals surface area contributed by atoms with Crippen LogP contribution < -0.4 is 0 Å². The van der Waals surface area contributed by atoms with Gasteiger partial charge in [0.1, 0.15) is 5.60 Å². The van der Waals surface area contributed by atoms with Crippen molar-refractivity contribution in [1.29, 1.82) is 0 Å². The Balaban J connectivity index is 2.00. The van der Waals surface area contributed by atoms with Gasteiger partial charge in [0.05, 0.1) is 5.25 Å². The molecule has 1 unspecified atom stereocenters. The van der Waals surface area contributed by atoms with Gasteiger partial charge in [0, 0.05) is 25.7 Å². The lowest BCUT2D eigenvalue weighted by molar-refractivity contribution is 0.0154. The number of ether oxygens (including phenoxy) is 1. The van der Waals surface area contributed by atoms with Crippen LogP contribution in [0.15, 0.2) is 0 Å². The van der Waals surface area contributed by atoms with Gasteiger partial charge in [0.15, 0.2) is 0 Å². The van der Waals surface area contributed by atoms with E-state index in [-0.39, 0.29) is 17.4 Å². The van der Waals surface area contributed by atoms with Gasteiger partial charge >= 0.3 is 6.09 Å². The summed E-state index contributed by atoms with van der Waals surface area (Å²) in [5, 5.41) is -0.0885. The molecule has 0 saturated carbocycles. The van der Waals surface area contributed by atoms with E-state index in [2.05, 4.69) is 0 Å². The lowest BCUT2D eigenvalue weighted by Gasteiger charge is -2.47. The second kappa shape index (κ2) is 5.95. The number of amides is 1. The fraction of sp³-hybridized carbons (Fsp3) is 0.929. The maximum absolute atomic E-state index is 12.2. The normalized spacial score (nSPS) is 32.0. The Kier molecular flexibility index (Phi) is 4.78. The van der Waals surface area contributed by atoms with Crippen LogP contribution in [0.4, 0.5) is 4.79 Å². The molecule has 2 fully saturated rings. The van der Waals surface area contributed by atoms with Gasteiger partial charge in [-0.15, -0.1) is 10.8 Å². The molecule has 7 heteroatoms. The molecular weight excluding hydrogens is 292 g/mol. The minimum atomic E-state index is -2.70. The summed E-state index contributed by atoms with van der Waals surface area (Å²) in [6.45, 7) is 9.31. The molecule has 0 spiro atoms. The van der Waals surface area contributed by atoms with Crippen molar-refractivity contribution < 1.29 is 18.6 Å². The van der Waals surface area contributed by atoms with E-state index in [1.165, 1.54) is 0 Å². The zero-order valence-electron chi connectivity index (χ0n) is 13.4. The van der Waals surface area contributed by atoms with Crippen molar-refractivity contribution in [2.24, 2.45) is 0 Å². The largest absolute Gasteiger partial charge is 0.444 e. The third kappa shape index (κ3) is 3.83. The molecule has 2 saturated heterocycles. The van der Waals surface area contributed by atoms with Crippen molar-refractivity contribution in [3.05, 3.63) is 0 Å². The summed E-state index contributed by atoms with van der Waals surface area (Å²) < 4.78 is 27.9. The van der Waals surface area contributed by atoms with E-state index >= 15 is 0 Å². The number of carbonyl (C=O) groups excluding carboxylic acids is 1. The number of hydrogen-bond acceptors (Lipinski definition) is 5. The number of rotatable bonds is 1. The quantitative estimate of drug-likeness (QED) is 0.776. The summed E-state index contributed by atoms with van der Waals surface area (Å²) in [5.41, 5.74) is -0.505. The van der Waals surface area contributed by atoms with Crippen LogP contribution in [0.2, 0.25) is 0 Å². The fourth-order valence-corrected chi connectivity index (χ4v) is 4.79. The first kappa shape index (κ1) is 16.9. The highest BCUT2D eigenvalue weighted by Crippen LogP contribution is 2.55. The van der Waals surface area contributed by atoms with Gasteiger partial charge < -0.3 is 9.64 Å². The van der Waals surface area contributed by atoms with E-state index in [1.54, 1.807) is 4.90 Å². The Hall–Kier alpha value is -0.500. The molecule has 2 aliphatic heterocycles. The molecule has 2 N–H and O–H groups in total. The maximum Gasteiger partial charge on any atom is 0.410 e. The number of likely N-dealkylation sites (tertiary alicyclic amines) is 1. The van der Waals surface area contributed by atoms with Crippen LogP contribution in [0.5, 0.6) is 0 Å². The monoisotopic (exact) mass is 320 g/mol. The minimum Gasteiger partial charge on any atom is -0.444 e. The molecular formula is C14H28N2O4S. The molecule has 6 nitrogen and oxygen atoms in total. The highest BCUT2D eigenvalue weighted by molar-refractivity contribution is 8.23. The third-order valence-electron chi connectivity index (χ3n) is 4.10. The van der Waals surface area contributed by atoms with Crippen molar-refractivity contribution in [1.82, 2.24) is 9.21 Å². The number of piperidine rings is 1. The van der Waals surface area contributed by atoms with E-state index in [4.69, 9.17) is 4.74 Å². The first-order chi connectivity index (χ1) is 9.61. The Morgan fingerprint density at radius 2 is 1.90 bits per heavy atom. The average molecular weight is 320 g/mol. The van der Waals surface area contributed by atoms with E-state index in [9.17, 15) is 13.9 Å².